The molecule has 0 saturated heterocycles. The highest BCUT2D eigenvalue weighted by atomic mass is 32.2. The molecule has 1 aromatic carbocycles. The molecule has 0 aliphatic rings. The molecule has 0 radical (unpaired) electrons. The molecule has 7 heteroatoms. The van der Waals surface area contributed by atoms with Gasteiger partial charge in [0.1, 0.15) is 0 Å². The summed E-state index contributed by atoms with van der Waals surface area (Å²) in [7, 11) is -3.82. The van der Waals surface area contributed by atoms with Gasteiger partial charge in [-0.15, -0.1) is 0 Å². The van der Waals surface area contributed by atoms with Crippen LogP contribution < -0.4 is 5.14 Å². The van der Waals surface area contributed by atoms with Gasteiger partial charge in [0.15, 0.2) is 0 Å². The number of Topliss-reactive ketones (excluding diaryl/α,β-unsaturated/α-hetero) is 1. The molecule has 0 saturated carbocycles. The summed E-state index contributed by atoms with van der Waals surface area (Å²) in [4.78, 5) is 21.0. The van der Waals surface area contributed by atoms with E-state index >= 15 is 0 Å². The topological polar surface area (TPSA) is 115 Å². The van der Waals surface area contributed by atoms with Gasteiger partial charge in [-0.3, -0.25) is 4.79 Å². The minimum absolute atomic E-state index is 0.102. The molecule has 0 unspecified atom stereocenters. The highest BCUT2D eigenvalue weighted by Gasteiger charge is 2.15. The van der Waals surface area contributed by atoms with Crippen LogP contribution in [0.15, 0.2) is 29.2 Å². The van der Waals surface area contributed by atoms with E-state index in [1.165, 1.54) is 0 Å². The summed E-state index contributed by atoms with van der Waals surface area (Å²) in [5, 5.41) is 13.2. The van der Waals surface area contributed by atoms with E-state index in [0.717, 1.165) is 24.3 Å². The third-order valence-electron chi connectivity index (χ3n) is 1.64. The molecule has 3 N–H and O–H groups in total. The second-order valence-electron chi connectivity index (χ2n) is 2.70. The summed E-state index contributed by atoms with van der Waals surface area (Å²) in [5.74, 6) is -2.70. The van der Waals surface area contributed by atoms with Crippen LogP contribution in [-0.2, 0) is 14.8 Å². The van der Waals surface area contributed by atoms with Crippen LogP contribution in [0.2, 0.25) is 0 Å². The maximum atomic E-state index is 10.9. The number of carbonyl (C=O) groups is 2. The number of hydrogen-bond donors (Lipinski definition) is 2. The largest absolute Gasteiger partial charge is 0.475 e. The fourth-order valence-corrected chi connectivity index (χ4v) is 1.43. The van der Waals surface area contributed by atoms with Crippen molar-refractivity contribution in [1.82, 2.24) is 0 Å². The summed E-state index contributed by atoms with van der Waals surface area (Å²) >= 11 is 0. The molecule has 6 nitrogen and oxygen atoms in total. The van der Waals surface area contributed by atoms with Gasteiger partial charge in [-0.1, -0.05) is 0 Å². The third-order valence-corrected chi connectivity index (χ3v) is 2.57. The Bertz CT molecular complexity index is 502. The summed E-state index contributed by atoms with van der Waals surface area (Å²) in [6.45, 7) is 0. The van der Waals surface area contributed by atoms with Gasteiger partial charge in [-0.2, -0.15) is 0 Å². The van der Waals surface area contributed by atoms with Gasteiger partial charge in [-0.25, -0.2) is 18.4 Å². The molecule has 1 aromatic rings. The van der Waals surface area contributed by atoms with E-state index in [9.17, 15) is 18.0 Å². The van der Waals surface area contributed by atoms with E-state index < -0.39 is 21.8 Å². The number of sulfonamides is 1. The van der Waals surface area contributed by atoms with E-state index in [2.05, 4.69) is 0 Å². The van der Waals surface area contributed by atoms with Gasteiger partial charge in [0.2, 0.25) is 10.0 Å². The first-order valence-corrected chi connectivity index (χ1v) is 5.27. The van der Waals surface area contributed by atoms with Crippen LogP contribution in [0.1, 0.15) is 10.4 Å². The first kappa shape index (κ1) is 11.3. The number of carboxylic acid groups (broad SMARTS) is 1. The zero-order valence-corrected chi connectivity index (χ0v) is 8.19. The SMILES string of the molecule is NS(=O)(=O)c1ccc(C(=O)C(=O)O)cc1. The molecule has 0 amide bonds. The molecule has 80 valence electrons. The standard InChI is InChI=1S/C8H7NO5S/c9-15(13,14)6-3-1-5(2-4-6)7(10)8(11)12/h1-4H,(H,11,12)(H2,9,13,14). The maximum absolute atomic E-state index is 10.9. The van der Waals surface area contributed by atoms with Crippen LogP contribution in [0.5, 0.6) is 0 Å². The Morgan fingerprint density at radius 1 is 1.13 bits per heavy atom. The van der Waals surface area contributed by atoms with Crippen molar-refractivity contribution in [2.45, 2.75) is 4.90 Å². The number of ketones is 1. The Kier molecular flexibility index (Phi) is 2.87. The molecule has 0 bridgehead atoms. The Labute approximate surface area is 85.4 Å². The van der Waals surface area contributed by atoms with Crippen LogP contribution >= 0.6 is 0 Å². The van der Waals surface area contributed by atoms with Crippen molar-refractivity contribution in [3.05, 3.63) is 29.8 Å². The Balaban J connectivity index is 3.12. The van der Waals surface area contributed by atoms with Gasteiger partial charge in [0.25, 0.3) is 5.78 Å². The van der Waals surface area contributed by atoms with Crippen molar-refractivity contribution in [3.63, 3.8) is 0 Å². The van der Waals surface area contributed by atoms with Crippen molar-refractivity contribution >= 4 is 21.8 Å². The first-order chi connectivity index (χ1) is 6.82. The van der Waals surface area contributed by atoms with Crippen LogP contribution in [0.25, 0.3) is 0 Å². The third kappa shape index (κ3) is 2.61. The summed E-state index contributed by atoms with van der Waals surface area (Å²) in [5.41, 5.74) is -0.102. The van der Waals surface area contributed by atoms with E-state index in [0.29, 0.717) is 0 Å². The number of benzene rings is 1. The van der Waals surface area contributed by atoms with Crippen LogP contribution in [-0.4, -0.2) is 25.3 Å². The van der Waals surface area contributed by atoms with E-state index in [1.807, 2.05) is 0 Å². The molecule has 1 rings (SSSR count). The van der Waals surface area contributed by atoms with Crippen molar-refractivity contribution in [3.8, 4) is 0 Å². The minimum Gasteiger partial charge on any atom is -0.475 e. The van der Waals surface area contributed by atoms with Crippen LogP contribution in [0.3, 0.4) is 0 Å². The van der Waals surface area contributed by atoms with Gasteiger partial charge < -0.3 is 5.11 Å². The van der Waals surface area contributed by atoms with Crippen molar-refractivity contribution < 1.29 is 23.1 Å². The predicted molar refractivity (Wildman–Crippen MR) is 49.8 cm³/mol. The molecule has 0 spiro atoms. The Morgan fingerprint density at radius 2 is 1.60 bits per heavy atom. The first-order valence-electron chi connectivity index (χ1n) is 3.73. The fourth-order valence-electron chi connectivity index (χ4n) is 0.919. The smallest absolute Gasteiger partial charge is 0.377 e. The average Bonchev–Trinajstić information content (AvgIpc) is 2.15. The lowest BCUT2D eigenvalue weighted by atomic mass is 10.1. The van der Waals surface area contributed by atoms with Gasteiger partial charge in [-0.05, 0) is 24.3 Å². The fraction of sp³-hybridized carbons (Fsp3) is 0. The van der Waals surface area contributed by atoms with Crippen molar-refractivity contribution in [2.24, 2.45) is 5.14 Å². The number of aliphatic carboxylic acids is 1. The van der Waals surface area contributed by atoms with E-state index in [1.54, 1.807) is 0 Å². The van der Waals surface area contributed by atoms with Crippen LogP contribution in [0, 0.1) is 0 Å². The highest BCUT2D eigenvalue weighted by molar-refractivity contribution is 7.89. The lowest BCUT2D eigenvalue weighted by Crippen LogP contribution is -2.14. The molecule has 0 aliphatic carbocycles. The summed E-state index contributed by atoms with van der Waals surface area (Å²) < 4.78 is 21.6. The molecule has 0 fully saturated rings. The van der Waals surface area contributed by atoms with Gasteiger partial charge in [0, 0.05) is 5.56 Å². The summed E-state index contributed by atoms with van der Waals surface area (Å²) in [6, 6.07) is 4.34. The quantitative estimate of drug-likeness (QED) is 0.540. The van der Waals surface area contributed by atoms with Gasteiger partial charge in [0.05, 0.1) is 4.90 Å². The van der Waals surface area contributed by atoms with E-state index in [4.69, 9.17) is 10.2 Å². The zero-order chi connectivity index (χ0) is 11.6. The minimum atomic E-state index is -3.82. The lowest BCUT2D eigenvalue weighted by molar-refractivity contribution is -0.131. The van der Waals surface area contributed by atoms with Crippen LogP contribution in [0.4, 0.5) is 0 Å². The zero-order valence-electron chi connectivity index (χ0n) is 7.38. The molecular weight excluding hydrogens is 222 g/mol. The molecule has 0 aromatic heterocycles. The Hall–Kier alpha value is -1.73. The lowest BCUT2D eigenvalue weighted by Gasteiger charge is -1.98. The molecule has 0 aliphatic heterocycles. The van der Waals surface area contributed by atoms with E-state index in [-0.39, 0.29) is 10.5 Å². The molecular formula is C8H7NO5S. The average molecular weight is 229 g/mol. The number of carbonyl (C=O) groups excluding carboxylic acids is 1. The summed E-state index contributed by atoms with van der Waals surface area (Å²) in [6.07, 6.45) is 0. The molecule has 0 heterocycles. The Morgan fingerprint density at radius 3 is 1.93 bits per heavy atom. The second kappa shape index (κ2) is 3.79. The highest BCUT2D eigenvalue weighted by Crippen LogP contribution is 2.09. The molecule has 15 heavy (non-hydrogen) atoms. The predicted octanol–water partition coefficient (Wildman–Crippen LogP) is -0.399. The molecule has 0 atom stereocenters. The normalized spacial score (nSPS) is 11.0. The number of hydrogen-bond acceptors (Lipinski definition) is 4. The number of carboxylic acids is 1. The van der Waals surface area contributed by atoms with Crippen molar-refractivity contribution in [2.75, 3.05) is 0 Å². The maximum Gasteiger partial charge on any atom is 0.377 e. The van der Waals surface area contributed by atoms with Crippen molar-refractivity contribution in [1.29, 1.82) is 0 Å². The monoisotopic (exact) mass is 229 g/mol. The number of nitrogens with two attached hydrogens (primary N) is 1. The van der Waals surface area contributed by atoms with Gasteiger partial charge >= 0.3 is 5.97 Å². The number of primary sulfonamides is 1. The number of rotatable bonds is 3. The second-order valence-corrected chi connectivity index (χ2v) is 4.27.